The Morgan fingerprint density at radius 1 is 1.57 bits per heavy atom. The lowest BCUT2D eigenvalue weighted by atomic mass is 9.98. The highest BCUT2D eigenvalue weighted by molar-refractivity contribution is 5.19. The summed E-state index contributed by atoms with van der Waals surface area (Å²) in [6.07, 6.45) is 3.06. The van der Waals surface area contributed by atoms with Crippen LogP contribution >= 0.6 is 0 Å². The van der Waals surface area contributed by atoms with Crippen molar-refractivity contribution in [3.8, 4) is 0 Å². The maximum absolute atomic E-state index is 5.54. The smallest absolute Gasteiger partial charge is 0.0641 e. The molecule has 0 bridgehead atoms. The summed E-state index contributed by atoms with van der Waals surface area (Å²) in [6.45, 7) is 6.39. The molecule has 0 aliphatic rings. The number of nitrogens with zero attached hydrogens (tertiary/aromatic N) is 2. The number of hydrazine groups is 1. The van der Waals surface area contributed by atoms with E-state index >= 15 is 0 Å². The molecule has 1 heterocycles. The summed E-state index contributed by atoms with van der Waals surface area (Å²) in [5.74, 6) is 6.17. The van der Waals surface area contributed by atoms with Crippen molar-refractivity contribution < 1.29 is 0 Å². The molecule has 1 atom stereocenters. The molecule has 0 fully saturated rings. The Labute approximate surface area is 85.5 Å². The van der Waals surface area contributed by atoms with Gasteiger partial charge in [0.1, 0.15) is 0 Å². The molecule has 1 unspecified atom stereocenters. The van der Waals surface area contributed by atoms with E-state index in [4.69, 9.17) is 5.84 Å². The van der Waals surface area contributed by atoms with Gasteiger partial charge in [0.2, 0.25) is 0 Å². The Morgan fingerprint density at radius 3 is 2.57 bits per heavy atom. The molecular weight excluding hydrogens is 176 g/mol. The maximum atomic E-state index is 5.54. The van der Waals surface area contributed by atoms with Crippen LogP contribution in [-0.4, -0.2) is 9.78 Å². The third kappa shape index (κ3) is 2.56. The van der Waals surface area contributed by atoms with Gasteiger partial charge in [0.25, 0.3) is 0 Å². The van der Waals surface area contributed by atoms with Crippen LogP contribution in [0.1, 0.15) is 37.6 Å². The molecule has 0 aromatic carbocycles. The number of nitrogens with two attached hydrogens (primary N) is 1. The molecule has 14 heavy (non-hydrogen) atoms. The van der Waals surface area contributed by atoms with Crippen molar-refractivity contribution in [3.63, 3.8) is 0 Å². The normalized spacial score (nSPS) is 13.6. The zero-order valence-corrected chi connectivity index (χ0v) is 9.41. The van der Waals surface area contributed by atoms with Crippen LogP contribution in [0.25, 0.3) is 0 Å². The lowest BCUT2D eigenvalue weighted by Crippen LogP contribution is -2.29. The minimum atomic E-state index is 0.212. The molecule has 0 amide bonds. The van der Waals surface area contributed by atoms with E-state index < -0.39 is 0 Å². The molecule has 0 saturated carbocycles. The number of hydrogen-bond acceptors (Lipinski definition) is 3. The van der Waals surface area contributed by atoms with Gasteiger partial charge in [-0.15, -0.1) is 0 Å². The SMILES string of the molecule is Cc1nn(C)cc1C(CC(C)C)NN. The summed E-state index contributed by atoms with van der Waals surface area (Å²) in [5.41, 5.74) is 5.10. The average molecular weight is 196 g/mol. The van der Waals surface area contributed by atoms with Crippen molar-refractivity contribution in [1.82, 2.24) is 15.2 Å². The Bertz CT molecular complexity index is 290. The molecule has 0 aliphatic carbocycles. The fourth-order valence-corrected chi connectivity index (χ4v) is 1.72. The highest BCUT2D eigenvalue weighted by atomic mass is 15.3. The second-order valence-corrected chi connectivity index (χ2v) is 4.19. The average Bonchev–Trinajstić information content (AvgIpc) is 2.41. The highest BCUT2D eigenvalue weighted by Gasteiger charge is 2.16. The van der Waals surface area contributed by atoms with E-state index in [9.17, 15) is 0 Å². The van der Waals surface area contributed by atoms with E-state index in [0.29, 0.717) is 5.92 Å². The predicted octanol–water partition coefficient (Wildman–Crippen LogP) is 1.28. The second-order valence-electron chi connectivity index (χ2n) is 4.19. The summed E-state index contributed by atoms with van der Waals surface area (Å²) < 4.78 is 1.83. The summed E-state index contributed by atoms with van der Waals surface area (Å²) in [5, 5.41) is 4.31. The summed E-state index contributed by atoms with van der Waals surface area (Å²) in [7, 11) is 1.93. The maximum Gasteiger partial charge on any atom is 0.0641 e. The first-order valence-electron chi connectivity index (χ1n) is 5.00. The molecule has 0 spiro atoms. The van der Waals surface area contributed by atoms with Crippen LogP contribution in [-0.2, 0) is 7.05 Å². The number of aryl methyl sites for hydroxylation is 2. The van der Waals surface area contributed by atoms with Gasteiger partial charge in [-0.25, -0.2) is 0 Å². The van der Waals surface area contributed by atoms with Crippen molar-refractivity contribution in [3.05, 3.63) is 17.5 Å². The number of nitrogens with one attached hydrogen (secondary N) is 1. The van der Waals surface area contributed by atoms with E-state index in [1.54, 1.807) is 0 Å². The number of hydrogen-bond donors (Lipinski definition) is 2. The first-order valence-corrected chi connectivity index (χ1v) is 5.00. The first-order chi connectivity index (χ1) is 6.54. The van der Waals surface area contributed by atoms with Gasteiger partial charge in [-0.1, -0.05) is 13.8 Å². The molecule has 0 saturated heterocycles. The van der Waals surface area contributed by atoms with Gasteiger partial charge < -0.3 is 0 Å². The van der Waals surface area contributed by atoms with Gasteiger partial charge in [0, 0.05) is 24.8 Å². The molecule has 4 heteroatoms. The summed E-state index contributed by atoms with van der Waals surface area (Å²) in [6, 6.07) is 0.212. The van der Waals surface area contributed by atoms with Gasteiger partial charge in [-0.05, 0) is 19.3 Å². The van der Waals surface area contributed by atoms with E-state index in [0.717, 1.165) is 12.1 Å². The Hall–Kier alpha value is -0.870. The molecule has 1 aromatic heterocycles. The Morgan fingerprint density at radius 2 is 2.21 bits per heavy atom. The fourth-order valence-electron chi connectivity index (χ4n) is 1.72. The third-order valence-corrected chi connectivity index (χ3v) is 2.34. The zero-order valence-electron chi connectivity index (χ0n) is 9.41. The quantitative estimate of drug-likeness (QED) is 0.563. The van der Waals surface area contributed by atoms with Crippen LogP contribution in [0.4, 0.5) is 0 Å². The lowest BCUT2D eigenvalue weighted by Gasteiger charge is -2.17. The Kier molecular flexibility index (Phi) is 3.66. The standard InChI is InChI=1S/C10H20N4/c1-7(2)5-10(12-11)9-6-14(4)13-8(9)3/h6-7,10,12H,5,11H2,1-4H3. The summed E-state index contributed by atoms with van der Waals surface area (Å²) >= 11 is 0. The van der Waals surface area contributed by atoms with E-state index in [2.05, 4.69) is 24.4 Å². The zero-order chi connectivity index (χ0) is 10.7. The van der Waals surface area contributed by atoms with Crippen molar-refractivity contribution in [2.75, 3.05) is 0 Å². The van der Waals surface area contributed by atoms with E-state index in [1.165, 1.54) is 5.56 Å². The molecule has 0 radical (unpaired) electrons. The van der Waals surface area contributed by atoms with Gasteiger partial charge in [-0.3, -0.25) is 16.0 Å². The van der Waals surface area contributed by atoms with Crippen LogP contribution in [0.5, 0.6) is 0 Å². The van der Waals surface area contributed by atoms with Gasteiger partial charge in [0.05, 0.1) is 5.69 Å². The first kappa shape index (κ1) is 11.2. The second kappa shape index (κ2) is 4.57. The van der Waals surface area contributed by atoms with Crippen LogP contribution in [0.15, 0.2) is 6.20 Å². The van der Waals surface area contributed by atoms with Gasteiger partial charge >= 0.3 is 0 Å². The van der Waals surface area contributed by atoms with E-state index in [-0.39, 0.29) is 6.04 Å². The van der Waals surface area contributed by atoms with Gasteiger partial charge in [-0.2, -0.15) is 5.10 Å². The van der Waals surface area contributed by atoms with Crippen LogP contribution in [0.2, 0.25) is 0 Å². The molecule has 1 aromatic rings. The minimum absolute atomic E-state index is 0.212. The van der Waals surface area contributed by atoms with Crippen LogP contribution in [0.3, 0.4) is 0 Å². The molecule has 4 nitrogen and oxygen atoms in total. The molecular formula is C10H20N4. The molecule has 1 rings (SSSR count). The predicted molar refractivity (Wildman–Crippen MR) is 57.5 cm³/mol. The van der Waals surface area contributed by atoms with Crippen LogP contribution < -0.4 is 11.3 Å². The van der Waals surface area contributed by atoms with Crippen LogP contribution in [0, 0.1) is 12.8 Å². The molecule has 80 valence electrons. The van der Waals surface area contributed by atoms with Crippen molar-refractivity contribution >= 4 is 0 Å². The van der Waals surface area contributed by atoms with Crippen molar-refractivity contribution in [1.29, 1.82) is 0 Å². The Balaban J connectivity index is 2.83. The third-order valence-electron chi connectivity index (χ3n) is 2.34. The van der Waals surface area contributed by atoms with Gasteiger partial charge in [0.15, 0.2) is 0 Å². The van der Waals surface area contributed by atoms with E-state index in [1.807, 2.05) is 24.9 Å². The van der Waals surface area contributed by atoms with Crippen molar-refractivity contribution in [2.45, 2.75) is 33.2 Å². The molecule has 3 N–H and O–H groups in total. The highest BCUT2D eigenvalue weighted by Crippen LogP contribution is 2.22. The number of aromatic nitrogens is 2. The minimum Gasteiger partial charge on any atom is -0.275 e. The monoisotopic (exact) mass is 196 g/mol. The van der Waals surface area contributed by atoms with Crippen molar-refractivity contribution in [2.24, 2.45) is 18.8 Å². The molecule has 0 aliphatic heterocycles. The topological polar surface area (TPSA) is 55.9 Å². The largest absolute Gasteiger partial charge is 0.275 e. The number of rotatable bonds is 4. The fraction of sp³-hybridized carbons (Fsp3) is 0.700. The summed E-state index contributed by atoms with van der Waals surface area (Å²) in [4.78, 5) is 0. The lowest BCUT2D eigenvalue weighted by molar-refractivity contribution is 0.436.